The van der Waals surface area contributed by atoms with Gasteiger partial charge < -0.3 is 0 Å². The van der Waals surface area contributed by atoms with Crippen molar-refractivity contribution in [3.05, 3.63) is 89.0 Å². The summed E-state index contributed by atoms with van der Waals surface area (Å²) in [5, 5.41) is 0. The fourth-order valence-corrected chi connectivity index (χ4v) is 2.72. The number of hydrogen-bond donors (Lipinski definition) is 0. The Hall–Kier alpha value is -2.08. The van der Waals surface area contributed by atoms with E-state index in [9.17, 15) is 0 Å². The van der Waals surface area contributed by atoms with Crippen LogP contribution in [0.25, 0.3) is 5.57 Å². The van der Waals surface area contributed by atoms with Gasteiger partial charge in [-0.1, -0.05) is 72.3 Å². The minimum absolute atomic E-state index is 1.16. The Morgan fingerprint density at radius 3 is 1.68 bits per heavy atom. The average molecular weight is 246 g/mol. The van der Waals surface area contributed by atoms with Crippen molar-refractivity contribution in [2.75, 3.05) is 0 Å². The van der Waals surface area contributed by atoms with Crippen LogP contribution in [0.2, 0.25) is 0 Å². The van der Waals surface area contributed by atoms with E-state index in [1.807, 2.05) is 0 Å². The molecule has 94 valence electrons. The van der Waals surface area contributed by atoms with Gasteiger partial charge in [0.15, 0.2) is 0 Å². The summed E-state index contributed by atoms with van der Waals surface area (Å²) < 4.78 is 0. The van der Waals surface area contributed by atoms with Crippen LogP contribution < -0.4 is 0 Å². The van der Waals surface area contributed by atoms with Crippen LogP contribution in [0.15, 0.2) is 77.9 Å². The van der Waals surface area contributed by atoms with Crippen molar-refractivity contribution in [2.24, 2.45) is 0 Å². The van der Waals surface area contributed by atoms with E-state index >= 15 is 0 Å². The highest BCUT2D eigenvalue weighted by atomic mass is 14.2. The third-order valence-corrected chi connectivity index (χ3v) is 3.66. The van der Waals surface area contributed by atoms with E-state index in [0.29, 0.717) is 0 Å². The maximum absolute atomic E-state index is 2.36. The van der Waals surface area contributed by atoms with Crippen molar-refractivity contribution in [1.82, 2.24) is 0 Å². The summed E-state index contributed by atoms with van der Waals surface area (Å²) in [5.41, 5.74) is 6.97. The Bertz CT molecular complexity index is 574. The van der Waals surface area contributed by atoms with Crippen LogP contribution in [0.1, 0.15) is 30.9 Å². The first-order chi connectivity index (χ1) is 9.34. The number of benzene rings is 2. The summed E-state index contributed by atoms with van der Waals surface area (Å²) in [4.78, 5) is 0. The molecule has 0 fully saturated rings. The highest BCUT2D eigenvalue weighted by Gasteiger charge is 2.14. The lowest BCUT2D eigenvalue weighted by molar-refractivity contribution is 1.01. The Morgan fingerprint density at radius 1 is 0.737 bits per heavy atom. The van der Waals surface area contributed by atoms with Crippen LogP contribution >= 0.6 is 0 Å². The van der Waals surface area contributed by atoms with Crippen molar-refractivity contribution in [3.8, 4) is 0 Å². The van der Waals surface area contributed by atoms with Crippen LogP contribution in [0, 0.1) is 0 Å². The molecule has 0 saturated carbocycles. The number of hydrogen-bond acceptors (Lipinski definition) is 0. The summed E-state index contributed by atoms with van der Waals surface area (Å²) in [6, 6.07) is 21.4. The lowest BCUT2D eigenvalue weighted by atomic mass is 9.93. The molecule has 2 aromatic rings. The summed E-state index contributed by atoms with van der Waals surface area (Å²) in [7, 11) is 0. The van der Waals surface area contributed by atoms with Crippen molar-refractivity contribution >= 4 is 5.57 Å². The van der Waals surface area contributed by atoms with Crippen molar-refractivity contribution in [2.45, 2.75) is 19.8 Å². The van der Waals surface area contributed by atoms with E-state index in [1.54, 1.807) is 0 Å². The van der Waals surface area contributed by atoms with E-state index in [-0.39, 0.29) is 0 Å². The largest absolute Gasteiger partial charge is 0.0727 e. The summed E-state index contributed by atoms with van der Waals surface area (Å²) in [6.07, 6.45) is 4.71. The molecule has 0 heteroatoms. The zero-order valence-electron chi connectivity index (χ0n) is 11.3. The summed E-state index contributed by atoms with van der Waals surface area (Å²) in [5.74, 6) is 0. The van der Waals surface area contributed by atoms with Crippen LogP contribution in [0.4, 0.5) is 0 Å². The highest BCUT2D eigenvalue weighted by Crippen LogP contribution is 2.34. The topological polar surface area (TPSA) is 0 Å². The molecule has 3 rings (SSSR count). The minimum Gasteiger partial charge on any atom is -0.0727 e. The van der Waals surface area contributed by atoms with Gasteiger partial charge in [0.2, 0.25) is 0 Å². The molecular weight excluding hydrogens is 228 g/mol. The van der Waals surface area contributed by atoms with Crippen molar-refractivity contribution in [3.63, 3.8) is 0 Å². The summed E-state index contributed by atoms with van der Waals surface area (Å²) in [6.45, 7) is 2.22. The lowest BCUT2D eigenvalue weighted by Crippen LogP contribution is -1.91. The van der Waals surface area contributed by atoms with Gasteiger partial charge in [-0.2, -0.15) is 0 Å². The van der Waals surface area contributed by atoms with Gasteiger partial charge in [-0.3, -0.25) is 0 Å². The molecule has 0 amide bonds. The Morgan fingerprint density at radius 2 is 1.26 bits per heavy atom. The molecule has 0 radical (unpaired) electrons. The lowest BCUT2D eigenvalue weighted by Gasteiger charge is -2.11. The molecule has 0 nitrogen and oxygen atoms in total. The van der Waals surface area contributed by atoms with Crippen LogP contribution in [-0.4, -0.2) is 0 Å². The third kappa shape index (κ3) is 2.53. The van der Waals surface area contributed by atoms with Crippen molar-refractivity contribution < 1.29 is 0 Å². The molecule has 0 aromatic heterocycles. The van der Waals surface area contributed by atoms with Gasteiger partial charge >= 0.3 is 0 Å². The molecule has 0 atom stereocenters. The molecule has 0 bridgehead atoms. The Kier molecular flexibility index (Phi) is 3.33. The highest BCUT2D eigenvalue weighted by molar-refractivity contribution is 5.84. The van der Waals surface area contributed by atoms with Gasteiger partial charge in [-0.05, 0) is 42.0 Å². The van der Waals surface area contributed by atoms with Gasteiger partial charge in [-0.15, -0.1) is 0 Å². The summed E-state index contributed by atoms with van der Waals surface area (Å²) >= 11 is 0. The minimum atomic E-state index is 1.16. The molecule has 19 heavy (non-hydrogen) atoms. The second kappa shape index (κ2) is 5.27. The van der Waals surface area contributed by atoms with E-state index < -0.39 is 0 Å². The van der Waals surface area contributed by atoms with E-state index in [1.165, 1.54) is 34.3 Å². The zero-order valence-corrected chi connectivity index (χ0v) is 11.3. The second-order valence-electron chi connectivity index (χ2n) is 5.12. The van der Waals surface area contributed by atoms with Gasteiger partial charge in [0.1, 0.15) is 0 Å². The van der Waals surface area contributed by atoms with E-state index in [0.717, 1.165) is 6.42 Å². The third-order valence-electron chi connectivity index (χ3n) is 3.66. The van der Waals surface area contributed by atoms with Crippen LogP contribution in [-0.2, 0) is 0 Å². The molecule has 0 saturated heterocycles. The molecule has 1 aliphatic rings. The fraction of sp³-hybridized carbons (Fsp3) is 0.158. The van der Waals surface area contributed by atoms with Gasteiger partial charge in [-0.25, -0.2) is 0 Å². The maximum atomic E-state index is 2.36. The van der Waals surface area contributed by atoms with E-state index in [4.69, 9.17) is 0 Å². The molecule has 0 spiro atoms. The van der Waals surface area contributed by atoms with Gasteiger partial charge in [0, 0.05) is 0 Å². The quantitative estimate of drug-likeness (QED) is 0.680. The smallest absolute Gasteiger partial charge is 0.00792 e. The molecule has 2 aromatic carbocycles. The predicted molar refractivity (Wildman–Crippen MR) is 81.9 cm³/mol. The average Bonchev–Trinajstić information content (AvgIpc) is 2.88. The van der Waals surface area contributed by atoms with Gasteiger partial charge in [0.25, 0.3) is 0 Å². The molecule has 0 heterocycles. The van der Waals surface area contributed by atoms with E-state index in [2.05, 4.69) is 73.7 Å². The van der Waals surface area contributed by atoms with Crippen molar-refractivity contribution in [1.29, 1.82) is 0 Å². The van der Waals surface area contributed by atoms with Crippen LogP contribution in [0.5, 0.6) is 0 Å². The number of rotatable bonds is 2. The second-order valence-corrected chi connectivity index (χ2v) is 5.12. The maximum Gasteiger partial charge on any atom is -0.00792 e. The molecule has 0 aliphatic heterocycles. The molecular formula is C19H18. The predicted octanol–water partition coefficient (Wildman–Crippen LogP) is 5.23. The fourth-order valence-electron chi connectivity index (χ4n) is 2.72. The van der Waals surface area contributed by atoms with Crippen LogP contribution in [0.3, 0.4) is 0 Å². The first-order valence-corrected chi connectivity index (χ1v) is 6.86. The molecule has 0 N–H and O–H groups in total. The monoisotopic (exact) mass is 246 g/mol. The number of allylic oxidation sites excluding steroid dienone is 3. The molecule has 0 unspecified atom stereocenters. The first-order valence-electron chi connectivity index (χ1n) is 6.86. The van der Waals surface area contributed by atoms with Gasteiger partial charge in [0.05, 0.1) is 0 Å². The Labute approximate surface area is 115 Å². The SMILES string of the molecule is CC1=CC(=C(c2ccccc2)c2ccccc2)CC1. The first kappa shape index (κ1) is 12.0. The zero-order chi connectivity index (χ0) is 13.1. The molecule has 1 aliphatic carbocycles. The Balaban J connectivity index is 2.18. The normalized spacial score (nSPS) is 14.4. The standard InChI is InChI=1S/C19H18/c1-15-12-13-18(14-15)19(16-8-4-2-5-9-16)17-10-6-3-7-11-17/h2-11,14H,12-13H2,1H3.